The van der Waals surface area contributed by atoms with Crippen LogP contribution in [-0.2, 0) is 4.79 Å². The first kappa shape index (κ1) is 18.3. The molecule has 132 valence electrons. The fraction of sp³-hybridized carbons (Fsp3) is 0.278. The Morgan fingerprint density at radius 1 is 1.16 bits per heavy atom. The first-order chi connectivity index (χ1) is 11.9. The van der Waals surface area contributed by atoms with E-state index in [0.717, 1.165) is 5.75 Å². The molecule has 0 atom stereocenters. The summed E-state index contributed by atoms with van der Waals surface area (Å²) in [4.78, 5) is 35.3. The Morgan fingerprint density at radius 2 is 1.84 bits per heavy atom. The molecule has 0 radical (unpaired) electrons. The minimum absolute atomic E-state index is 0.0928. The standard InChI is InChI=1S/C18H20N2O5/c1-11(21)15-12(2)25-18(16(15)17(19)23)20-14(22)9-6-10-24-13-7-4-3-5-8-13/h3-5,7-8H,6,9-10H2,1-2H3,(H2,19,23)(H,20,22). The molecule has 0 aliphatic rings. The number of benzene rings is 1. The molecule has 2 rings (SSSR count). The number of carbonyl (C=O) groups is 3. The van der Waals surface area contributed by atoms with E-state index in [1.54, 1.807) is 0 Å². The zero-order valence-corrected chi connectivity index (χ0v) is 14.1. The SMILES string of the molecule is CC(=O)c1c(C)oc(NC(=O)CCCOc2ccccc2)c1C(N)=O. The summed E-state index contributed by atoms with van der Waals surface area (Å²) in [5.41, 5.74) is 5.30. The summed E-state index contributed by atoms with van der Waals surface area (Å²) >= 11 is 0. The summed E-state index contributed by atoms with van der Waals surface area (Å²) in [5.74, 6) is -0.667. The smallest absolute Gasteiger partial charge is 0.255 e. The summed E-state index contributed by atoms with van der Waals surface area (Å²) in [6.07, 6.45) is 0.645. The monoisotopic (exact) mass is 344 g/mol. The number of furan rings is 1. The molecule has 2 amide bonds. The molecular weight excluding hydrogens is 324 g/mol. The normalized spacial score (nSPS) is 10.3. The van der Waals surface area contributed by atoms with E-state index in [0.29, 0.717) is 13.0 Å². The van der Waals surface area contributed by atoms with Crippen molar-refractivity contribution in [1.82, 2.24) is 0 Å². The van der Waals surface area contributed by atoms with Gasteiger partial charge in [-0.25, -0.2) is 0 Å². The van der Waals surface area contributed by atoms with Crippen molar-refractivity contribution in [2.45, 2.75) is 26.7 Å². The highest BCUT2D eigenvalue weighted by Gasteiger charge is 2.25. The predicted molar refractivity (Wildman–Crippen MR) is 91.8 cm³/mol. The number of Topliss-reactive ketones (excluding diaryl/α,β-unsaturated/α-hetero) is 1. The molecule has 25 heavy (non-hydrogen) atoms. The summed E-state index contributed by atoms with van der Waals surface area (Å²) in [7, 11) is 0. The van der Waals surface area contributed by atoms with Gasteiger partial charge in [-0.2, -0.15) is 0 Å². The lowest BCUT2D eigenvalue weighted by molar-refractivity contribution is -0.116. The van der Waals surface area contributed by atoms with E-state index >= 15 is 0 Å². The Hall–Kier alpha value is -3.09. The topological polar surface area (TPSA) is 112 Å². The van der Waals surface area contributed by atoms with Gasteiger partial charge in [-0.1, -0.05) is 18.2 Å². The molecule has 3 N–H and O–H groups in total. The van der Waals surface area contributed by atoms with Gasteiger partial charge in [0.15, 0.2) is 5.78 Å². The minimum atomic E-state index is -0.829. The summed E-state index contributed by atoms with van der Waals surface area (Å²) in [6.45, 7) is 3.21. The van der Waals surface area contributed by atoms with Crippen molar-refractivity contribution < 1.29 is 23.5 Å². The number of ether oxygens (including phenoxy) is 1. The molecule has 1 aromatic carbocycles. The van der Waals surface area contributed by atoms with Crippen molar-refractivity contribution in [3.05, 3.63) is 47.2 Å². The van der Waals surface area contributed by atoms with Gasteiger partial charge in [0.1, 0.15) is 17.1 Å². The van der Waals surface area contributed by atoms with Crippen molar-refractivity contribution in [2.75, 3.05) is 11.9 Å². The predicted octanol–water partition coefficient (Wildman–Crippen LogP) is 2.69. The molecule has 7 heteroatoms. The fourth-order valence-corrected chi connectivity index (χ4v) is 2.42. The van der Waals surface area contributed by atoms with Crippen LogP contribution in [0.25, 0.3) is 0 Å². The van der Waals surface area contributed by atoms with Crippen LogP contribution in [-0.4, -0.2) is 24.2 Å². The average Bonchev–Trinajstić information content (AvgIpc) is 2.89. The maximum Gasteiger partial charge on any atom is 0.255 e. The molecule has 1 heterocycles. The van der Waals surface area contributed by atoms with Crippen molar-refractivity contribution >= 4 is 23.5 Å². The maximum atomic E-state index is 12.0. The summed E-state index contributed by atoms with van der Waals surface area (Å²) < 4.78 is 10.8. The van der Waals surface area contributed by atoms with Crippen LogP contribution in [0.2, 0.25) is 0 Å². The zero-order valence-electron chi connectivity index (χ0n) is 14.1. The van der Waals surface area contributed by atoms with Gasteiger partial charge in [-0.3, -0.25) is 19.7 Å². The third-order valence-corrected chi connectivity index (χ3v) is 3.50. The fourth-order valence-electron chi connectivity index (χ4n) is 2.42. The Morgan fingerprint density at radius 3 is 2.44 bits per heavy atom. The number of hydrogen-bond donors (Lipinski definition) is 2. The molecule has 0 saturated heterocycles. The Bertz CT molecular complexity index is 780. The average molecular weight is 344 g/mol. The molecule has 0 spiro atoms. The molecule has 0 saturated carbocycles. The molecule has 0 aliphatic carbocycles. The Labute approximate surface area is 145 Å². The van der Waals surface area contributed by atoms with Gasteiger partial charge in [-0.05, 0) is 32.4 Å². The zero-order chi connectivity index (χ0) is 18.4. The van der Waals surface area contributed by atoms with Gasteiger partial charge < -0.3 is 14.9 Å². The summed E-state index contributed by atoms with van der Waals surface area (Å²) in [6, 6.07) is 9.26. The van der Waals surface area contributed by atoms with E-state index < -0.39 is 5.91 Å². The molecule has 0 fully saturated rings. The van der Waals surface area contributed by atoms with Crippen LogP contribution in [0.15, 0.2) is 34.7 Å². The molecule has 2 aromatic rings. The van der Waals surface area contributed by atoms with Gasteiger partial charge in [0.25, 0.3) is 5.91 Å². The lowest BCUT2D eigenvalue weighted by Crippen LogP contribution is -2.19. The maximum absolute atomic E-state index is 12.0. The number of aryl methyl sites for hydroxylation is 1. The minimum Gasteiger partial charge on any atom is -0.494 e. The molecule has 0 aliphatic heterocycles. The van der Waals surface area contributed by atoms with Crippen LogP contribution in [0, 0.1) is 6.92 Å². The van der Waals surface area contributed by atoms with Crippen molar-refractivity contribution in [3.8, 4) is 5.75 Å². The van der Waals surface area contributed by atoms with E-state index in [1.807, 2.05) is 30.3 Å². The van der Waals surface area contributed by atoms with Gasteiger partial charge in [0.2, 0.25) is 11.8 Å². The van der Waals surface area contributed by atoms with Crippen LogP contribution in [0.1, 0.15) is 46.2 Å². The first-order valence-corrected chi connectivity index (χ1v) is 7.82. The van der Waals surface area contributed by atoms with E-state index in [1.165, 1.54) is 13.8 Å². The van der Waals surface area contributed by atoms with Crippen LogP contribution in [0.5, 0.6) is 5.75 Å². The third kappa shape index (κ3) is 4.69. The second-order valence-electron chi connectivity index (χ2n) is 5.47. The first-order valence-electron chi connectivity index (χ1n) is 7.82. The molecule has 7 nitrogen and oxygen atoms in total. The number of rotatable bonds is 8. The van der Waals surface area contributed by atoms with Gasteiger partial charge in [-0.15, -0.1) is 0 Å². The van der Waals surface area contributed by atoms with E-state index in [-0.39, 0.29) is 40.9 Å². The number of para-hydroxylation sites is 1. The molecule has 0 bridgehead atoms. The van der Waals surface area contributed by atoms with Crippen molar-refractivity contribution in [3.63, 3.8) is 0 Å². The highest BCUT2D eigenvalue weighted by molar-refractivity contribution is 6.11. The number of anilines is 1. The second kappa shape index (κ2) is 8.14. The number of ketones is 1. The highest BCUT2D eigenvalue weighted by atomic mass is 16.5. The van der Waals surface area contributed by atoms with Crippen LogP contribution in [0.3, 0.4) is 0 Å². The number of carbonyl (C=O) groups excluding carboxylic acids is 3. The lowest BCUT2D eigenvalue weighted by atomic mass is 10.1. The number of primary amides is 1. The van der Waals surface area contributed by atoms with E-state index in [2.05, 4.69) is 5.32 Å². The highest BCUT2D eigenvalue weighted by Crippen LogP contribution is 2.27. The number of nitrogens with two attached hydrogens (primary N) is 1. The second-order valence-corrected chi connectivity index (χ2v) is 5.47. The van der Waals surface area contributed by atoms with E-state index in [9.17, 15) is 14.4 Å². The van der Waals surface area contributed by atoms with Crippen molar-refractivity contribution in [2.24, 2.45) is 5.73 Å². The molecule has 1 aromatic heterocycles. The molecule has 0 unspecified atom stereocenters. The molecular formula is C18H20N2O5. The van der Waals surface area contributed by atoms with Crippen LogP contribution in [0.4, 0.5) is 5.88 Å². The number of hydrogen-bond acceptors (Lipinski definition) is 5. The lowest BCUT2D eigenvalue weighted by Gasteiger charge is -2.06. The van der Waals surface area contributed by atoms with Gasteiger partial charge >= 0.3 is 0 Å². The third-order valence-electron chi connectivity index (χ3n) is 3.50. The summed E-state index contributed by atoms with van der Waals surface area (Å²) in [5, 5.41) is 2.49. The Balaban J connectivity index is 1.93. The van der Waals surface area contributed by atoms with Crippen molar-refractivity contribution in [1.29, 1.82) is 0 Å². The van der Waals surface area contributed by atoms with E-state index in [4.69, 9.17) is 14.9 Å². The van der Waals surface area contributed by atoms with Crippen LogP contribution < -0.4 is 15.8 Å². The van der Waals surface area contributed by atoms with Gasteiger partial charge in [0, 0.05) is 6.42 Å². The largest absolute Gasteiger partial charge is 0.494 e. The quantitative estimate of drug-likeness (QED) is 0.565. The van der Waals surface area contributed by atoms with Gasteiger partial charge in [0.05, 0.1) is 12.2 Å². The Kier molecular flexibility index (Phi) is 5.94. The number of nitrogens with one attached hydrogen (secondary N) is 1. The van der Waals surface area contributed by atoms with Crippen LogP contribution >= 0.6 is 0 Å². The number of amides is 2.